The monoisotopic (exact) mass is 355 g/mol. The first-order chi connectivity index (χ1) is 9.53. The molecule has 0 aliphatic heterocycles. The highest BCUT2D eigenvalue weighted by Gasteiger charge is 2.20. The van der Waals surface area contributed by atoms with Crippen LogP contribution in [0.25, 0.3) is 0 Å². The molecule has 0 amide bonds. The molecule has 0 spiro atoms. The Morgan fingerprint density at radius 2 is 1.80 bits per heavy atom. The second kappa shape index (κ2) is 6.49. The first kappa shape index (κ1) is 15.2. The zero-order valence-corrected chi connectivity index (χ0v) is 12.9. The second-order valence-electron chi connectivity index (χ2n) is 4.22. The molecule has 2 N–H and O–H groups in total. The van der Waals surface area contributed by atoms with Crippen LogP contribution in [0.1, 0.15) is 11.6 Å². The van der Waals surface area contributed by atoms with Crippen molar-refractivity contribution >= 4 is 26.0 Å². The lowest BCUT2D eigenvalue weighted by atomic mass is 10.1. The van der Waals surface area contributed by atoms with Gasteiger partial charge in [-0.2, -0.15) is 0 Å². The van der Waals surface area contributed by atoms with Gasteiger partial charge in [0.25, 0.3) is 0 Å². The molecule has 6 heteroatoms. The molecule has 1 atom stereocenters. The van der Waals surface area contributed by atoms with Crippen molar-refractivity contribution in [3.05, 3.63) is 64.6 Å². The number of benzene rings is 2. The van der Waals surface area contributed by atoms with Gasteiger partial charge in [-0.05, 0) is 23.8 Å². The van der Waals surface area contributed by atoms with Crippen LogP contribution in [0.4, 0.5) is 0 Å². The zero-order chi connectivity index (χ0) is 14.6. The van der Waals surface area contributed by atoms with E-state index in [4.69, 9.17) is 0 Å². The van der Waals surface area contributed by atoms with Gasteiger partial charge in [-0.3, -0.25) is 0 Å². The number of sulfonamides is 1. The molecule has 0 heterocycles. The van der Waals surface area contributed by atoms with Crippen LogP contribution in [0.3, 0.4) is 0 Å². The first-order valence-corrected chi connectivity index (χ1v) is 8.24. The van der Waals surface area contributed by atoms with E-state index in [2.05, 4.69) is 20.7 Å². The summed E-state index contributed by atoms with van der Waals surface area (Å²) in [6.07, 6.45) is 0. The highest BCUT2D eigenvalue weighted by Crippen LogP contribution is 2.19. The smallest absolute Gasteiger partial charge is 0.241 e. The molecular formula is C14H14BrNO3S. The van der Waals surface area contributed by atoms with Crippen LogP contribution >= 0.6 is 15.9 Å². The molecule has 2 aromatic rings. The molecule has 0 aromatic heterocycles. The summed E-state index contributed by atoms with van der Waals surface area (Å²) in [4.78, 5) is 0.154. The lowest BCUT2D eigenvalue weighted by Crippen LogP contribution is -2.30. The maximum Gasteiger partial charge on any atom is 0.241 e. The highest BCUT2D eigenvalue weighted by atomic mass is 79.9. The topological polar surface area (TPSA) is 66.4 Å². The zero-order valence-electron chi connectivity index (χ0n) is 10.5. The van der Waals surface area contributed by atoms with E-state index in [1.807, 2.05) is 6.07 Å². The molecule has 2 rings (SSSR count). The minimum atomic E-state index is -3.68. The van der Waals surface area contributed by atoms with Gasteiger partial charge in [-0.15, -0.1) is 0 Å². The SMILES string of the molecule is O=S(=O)(N[C@H](CO)c1ccccc1)c1cccc(Br)c1. The predicted octanol–water partition coefficient (Wildman–Crippen LogP) is 2.46. The first-order valence-electron chi connectivity index (χ1n) is 5.96. The van der Waals surface area contributed by atoms with E-state index < -0.39 is 16.1 Å². The molecule has 0 aliphatic carbocycles. The van der Waals surface area contributed by atoms with Gasteiger partial charge in [0, 0.05) is 4.47 Å². The summed E-state index contributed by atoms with van der Waals surface area (Å²) in [6, 6.07) is 14.7. The molecule has 2 aromatic carbocycles. The fraction of sp³-hybridized carbons (Fsp3) is 0.143. The van der Waals surface area contributed by atoms with Gasteiger partial charge in [-0.1, -0.05) is 52.3 Å². The highest BCUT2D eigenvalue weighted by molar-refractivity contribution is 9.10. The second-order valence-corrected chi connectivity index (χ2v) is 6.85. The van der Waals surface area contributed by atoms with E-state index in [9.17, 15) is 13.5 Å². The van der Waals surface area contributed by atoms with Crippen LogP contribution in [0.2, 0.25) is 0 Å². The van der Waals surface area contributed by atoms with Crippen molar-refractivity contribution in [2.24, 2.45) is 0 Å². The van der Waals surface area contributed by atoms with Crippen LogP contribution in [0, 0.1) is 0 Å². The fourth-order valence-corrected chi connectivity index (χ4v) is 3.60. The lowest BCUT2D eigenvalue weighted by Gasteiger charge is -2.17. The van der Waals surface area contributed by atoms with Crippen LogP contribution in [0.15, 0.2) is 64.0 Å². The van der Waals surface area contributed by atoms with E-state index in [0.717, 1.165) is 0 Å². The molecule has 0 saturated heterocycles. The number of aliphatic hydroxyl groups is 1. The van der Waals surface area contributed by atoms with Gasteiger partial charge in [0.1, 0.15) is 0 Å². The maximum atomic E-state index is 12.3. The summed E-state index contributed by atoms with van der Waals surface area (Å²) in [6.45, 7) is -0.308. The van der Waals surface area contributed by atoms with Gasteiger partial charge in [0.15, 0.2) is 0 Å². The summed E-state index contributed by atoms with van der Waals surface area (Å²) >= 11 is 3.24. The van der Waals surface area contributed by atoms with Gasteiger partial charge >= 0.3 is 0 Å². The van der Waals surface area contributed by atoms with Gasteiger partial charge in [0.05, 0.1) is 17.5 Å². The fourth-order valence-electron chi connectivity index (χ4n) is 1.79. The number of rotatable bonds is 5. The van der Waals surface area contributed by atoms with Crippen LogP contribution in [-0.2, 0) is 10.0 Å². The Bertz CT molecular complexity index is 674. The molecule has 0 fully saturated rings. The van der Waals surface area contributed by atoms with Crippen LogP contribution < -0.4 is 4.72 Å². The summed E-state index contributed by atoms with van der Waals surface area (Å²) in [7, 11) is -3.68. The van der Waals surface area contributed by atoms with Crippen molar-refractivity contribution < 1.29 is 13.5 Å². The number of aliphatic hydroxyl groups excluding tert-OH is 1. The van der Waals surface area contributed by atoms with E-state index in [1.54, 1.807) is 36.4 Å². The van der Waals surface area contributed by atoms with Crippen molar-refractivity contribution in [3.8, 4) is 0 Å². The van der Waals surface area contributed by atoms with Gasteiger partial charge < -0.3 is 5.11 Å². The third-order valence-corrected chi connectivity index (χ3v) is 4.75. The predicted molar refractivity (Wildman–Crippen MR) is 80.7 cm³/mol. The number of nitrogens with one attached hydrogen (secondary N) is 1. The normalized spacial score (nSPS) is 13.1. The Hall–Kier alpha value is -1.21. The Balaban J connectivity index is 2.27. The van der Waals surface area contributed by atoms with Gasteiger partial charge in [-0.25, -0.2) is 13.1 Å². The summed E-state index contributed by atoms with van der Waals surface area (Å²) in [5, 5.41) is 9.41. The van der Waals surface area contributed by atoms with Crippen molar-refractivity contribution in [1.82, 2.24) is 4.72 Å². The Labute approximate surface area is 126 Å². The number of hydrogen-bond donors (Lipinski definition) is 2. The lowest BCUT2D eigenvalue weighted by molar-refractivity contribution is 0.259. The average Bonchev–Trinajstić information content (AvgIpc) is 2.46. The maximum absolute atomic E-state index is 12.3. The van der Waals surface area contributed by atoms with E-state index in [-0.39, 0.29) is 11.5 Å². The van der Waals surface area contributed by atoms with E-state index in [0.29, 0.717) is 10.0 Å². The van der Waals surface area contributed by atoms with Crippen LogP contribution in [0.5, 0.6) is 0 Å². The molecule has 20 heavy (non-hydrogen) atoms. The molecule has 0 bridgehead atoms. The van der Waals surface area contributed by atoms with E-state index >= 15 is 0 Å². The number of hydrogen-bond acceptors (Lipinski definition) is 3. The molecule has 106 valence electrons. The third-order valence-electron chi connectivity index (χ3n) is 2.79. The Morgan fingerprint density at radius 1 is 1.10 bits per heavy atom. The van der Waals surface area contributed by atoms with Crippen molar-refractivity contribution in [1.29, 1.82) is 0 Å². The molecule has 4 nitrogen and oxygen atoms in total. The Kier molecular flexibility index (Phi) is 4.93. The minimum absolute atomic E-state index is 0.154. The largest absolute Gasteiger partial charge is 0.394 e. The summed E-state index contributed by atoms with van der Waals surface area (Å²) < 4.78 is 27.8. The Morgan fingerprint density at radius 3 is 2.40 bits per heavy atom. The minimum Gasteiger partial charge on any atom is -0.394 e. The quantitative estimate of drug-likeness (QED) is 0.865. The molecule has 0 radical (unpaired) electrons. The van der Waals surface area contributed by atoms with Crippen LogP contribution in [-0.4, -0.2) is 20.1 Å². The summed E-state index contributed by atoms with van der Waals surface area (Å²) in [5.41, 5.74) is 0.716. The molecular weight excluding hydrogens is 342 g/mol. The van der Waals surface area contributed by atoms with Crippen molar-refractivity contribution in [3.63, 3.8) is 0 Å². The average molecular weight is 356 g/mol. The number of halogens is 1. The molecule has 0 saturated carbocycles. The molecule has 0 unspecified atom stereocenters. The third kappa shape index (κ3) is 3.67. The molecule has 0 aliphatic rings. The van der Waals surface area contributed by atoms with Crippen molar-refractivity contribution in [2.75, 3.05) is 6.61 Å². The van der Waals surface area contributed by atoms with Gasteiger partial charge in [0.2, 0.25) is 10.0 Å². The standard InChI is InChI=1S/C14H14BrNO3S/c15-12-7-4-8-13(9-12)20(18,19)16-14(10-17)11-5-2-1-3-6-11/h1-9,14,16-17H,10H2/t14-/m1/s1. The summed E-state index contributed by atoms with van der Waals surface area (Å²) in [5.74, 6) is 0. The van der Waals surface area contributed by atoms with E-state index in [1.165, 1.54) is 12.1 Å². The van der Waals surface area contributed by atoms with Crippen molar-refractivity contribution in [2.45, 2.75) is 10.9 Å².